The van der Waals surface area contributed by atoms with Gasteiger partial charge in [0, 0.05) is 51.2 Å². The maximum atomic E-state index is 14.5. The van der Waals surface area contributed by atoms with Crippen LogP contribution in [0.1, 0.15) is 37.2 Å². The first-order valence-corrected chi connectivity index (χ1v) is 14.3. The van der Waals surface area contributed by atoms with Crippen LogP contribution in [0.15, 0.2) is 42.5 Å². The number of nitrogens with one attached hydrogen (secondary N) is 1. The summed E-state index contributed by atoms with van der Waals surface area (Å²) in [7, 11) is 1.61. The van der Waals surface area contributed by atoms with Gasteiger partial charge < -0.3 is 19.7 Å². The van der Waals surface area contributed by atoms with Crippen molar-refractivity contribution in [1.82, 2.24) is 15.1 Å². The van der Waals surface area contributed by atoms with Crippen molar-refractivity contribution in [1.29, 1.82) is 0 Å². The first kappa shape index (κ1) is 28.3. The van der Waals surface area contributed by atoms with E-state index in [-0.39, 0.29) is 29.9 Å². The third-order valence-corrected chi connectivity index (χ3v) is 9.33. The molecule has 1 N–H and O–H groups in total. The first-order valence-electron chi connectivity index (χ1n) is 13.5. The van der Waals surface area contributed by atoms with Gasteiger partial charge in [-0.3, -0.25) is 9.69 Å². The molecule has 10 heteroatoms. The fraction of sp³-hybridized carbons (Fsp3) is 0.517. The van der Waals surface area contributed by atoms with Gasteiger partial charge in [0.05, 0.1) is 10.0 Å². The number of halogens is 3. The summed E-state index contributed by atoms with van der Waals surface area (Å²) in [5, 5.41) is 4.18. The molecule has 3 heterocycles. The van der Waals surface area contributed by atoms with E-state index in [4.69, 9.17) is 32.7 Å². The number of ketones is 1. The molecule has 0 saturated carbocycles. The fourth-order valence-corrected chi connectivity index (χ4v) is 6.67. The molecule has 5 rings (SSSR count). The molecule has 39 heavy (non-hydrogen) atoms. The molecule has 0 unspecified atom stereocenters. The summed E-state index contributed by atoms with van der Waals surface area (Å²) in [5.41, 5.74) is -0.372. The van der Waals surface area contributed by atoms with Crippen LogP contribution in [0, 0.1) is 11.7 Å². The van der Waals surface area contributed by atoms with E-state index in [1.807, 2.05) is 6.07 Å². The van der Waals surface area contributed by atoms with Gasteiger partial charge in [-0.2, -0.15) is 0 Å². The Morgan fingerprint density at radius 2 is 1.74 bits per heavy atom. The number of amides is 1. The maximum absolute atomic E-state index is 14.5. The summed E-state index contributed by atoms with van der Waals surface area (Å²) < 4.78 is 24.5. The van der Waals surface area contributed by atoms with Gasteiger partial charge in [0.15, 0.2) is 5.78 Å². The predicted octanol–water partition coefficient (Wildman–Crippen LogP) is 5.15. The summed E-state index contributed by atoms with van der Waals surface area (Å²) in [6, 6.07) is 11.1. The first-order chi connectivity index (χ1) is 18.8. The highest BCUT2D eigenvalue weighted by atomic mass is 35.5. The summed E-state index contributed by atoms with van der Waals surface area (Å²) in [6.45, 7) is 4.01. The number of carbonyl (C=O) groups excluding carboxylic acids is 2. The predicted molar refractivity (Wildman–Crippen MR) is 148 cm³/mol. The summed E-state index contributed by atoms with van der Waals surface area (Å²) >= 11 is 12.6. The van der Waals surface area contributed by atoms with Gasteiger partial charge >= 0.3 is 6.09 Å². The van der Waals surface area contributed by atoms with Crippen LogP contribution in [-0.4, -0.2) is 79.7 Å². The van der Waals surface area contributed by atoms with Crippen molar-refractivity contribution >= 4 is 35.1 Å². The van der Waals surface area contributed by atoms with E-state index in [9.17, 15) is 14.0 Å². The molecule has 0 radical (unpaired) electrons. The number of benzene rings is 2. The fourth-order valence-electron chi connectivity index (χ4n) is 6.36. The van der Waals surface area contributed by atoms with Crippen molar-refractivity contribution in [2.24, 2.45) is 5.92 Å². The minimum atomic E-state index is -1.19. The number of ether oxygens (including phenoxy) is 2. The van der Waals surface area contributed by atoms with Crippen molar-refractivity contribution in [2.75, 3.05) is 46.4 Å². The molecule has 3 aliphatic rings. The molecule has 2 aromatic rings. The lowest BCUT2D eigenvalue weighted by Crippen LogP contribution is -2.62. The number of likely N-dealkylation sites (tertiary alicyclic amines) is 1. The third-order valence-electron chi connectivity index (χ3n) is 8.59. The summed E-state index contributed by atoms with van der Waals surface area (Å²) in [5.74, 6) is -0.764. The Hall–Kier alpha value is -2.23. The van der Waals surface area contributed by atoms with Crippen LogP contribution in [0.5, 0.6) is 5.75 Å². The van der Waals surface area contributed by atoms with Crippen LogP contribution in [0.25, 0.3) is 0 Å². The normalized spacial score (nSPS) is 25.0. The molecule has 3 saturated heterocycles. The number of carbonyl (C=O) groups is 2. The highest BCUT2D eigenvalue weighted by Crippen LogP contribution is 2.42. The number of piperidine rings is 1. The molecule has 1 amide bonds. The largest absolute Gasteiger partial charge is 0.415 e. The van der Waals surface area contributed by atoms with Gasteiger partial charge in [0.25, 0.3) is 0 Å². The Bertz CT molecular complexity index is 1190. The van der Waals surface area contributed by atoms with Crippen LogP contribution < -0.4 is 10.1 Å². The number of nitrogens with zero attached hydrogens (tertiary/aromatic N) is 2. The van der Waals surface area contributed by atoms with E-state index < -0.39 is 17.4 Å². The summed E-state index contributed by atoms with van der Waals surface area (Å²) in [6.07, 6.45) is 2.82. The number of likely N-dealkylation sites (N-methyl/N-ethyl adjacent to an activating group) is 1. The topological polar surface area (TPSA) is 71.1 Å². The van der Waals surface area contributed by atoms with E-state index in [0.717, 1.165) is 57.6 Å². The standard InChI is InChI=1S/C29H34Cl2FN3O4/c1-34(28(37)39-23-5-3-21(32)4-6-23)29(18-33-17-24(29)20-2-7-25(30)26(31)16-20)27(36)19-8-12-35(13-9-19)22-10-14-38-15-11-22/h2-7,16,19,22,24,33H,8-15,17-18H2,1H3/t24-,29+/m1/s1. The zero-order valence-electron chi connectivity index (χ0n) is 22.0. The van der Waals surface area contributed by atoms with E-state index in [2.05, 4.69) is 10.2 Å². The molecule has 0 spiro atoms. The Morgan fingerprint density at radius 3 is 2.41 bits per heavy atom. The monoisotopic (exact) mass is 577 g/mol. The van der Waals surface area contributed by atoms with Crippen LogP contribution in [0.2, 0.25) is 10.0 Å². The minimum Gasteiger partial charge on any atom is -0.410 e. The second-order valence-electron chi connectivity index (χ2n) is 10.7. The van der Waals surface area contributed by atoms with Gasteiger partial charge in [-0.1, -0.05) is 29.3 Å². The second-order valence-corrected chi connectivity index (χ2v) is 11.5. The molecule has 3 aliphatic heterocycles. The van der Waals surface area contributed by atoms with E-state index in [1.54, 1.807) is 19.2 Å². The third kappa shape index (κ3) is 5.81. The molecule has 3 fully saturated rings. The molecule has 0 bridgehead atoms. The number of hydrogen-bond donors (Lipinski definition) is 1. The Balaban J connectivity index is 1.42. The lowest BCUT2D eigenvalue weighted by atomic mass is 9.72. The zero-order valence-corrected chi connectivity index (χ0v) is 23.5. The number of rotatable bonds is 6. The minimum absolute atomic E-state index is 0.0220. The van der Waals surface area contributed by atoms with Gasteiger partial charge in [0.1, 0.15) is 17.1 Å². The Morgan fingerprint density at radius 1 is 1.05 bits per heavy atom. The van der Waals surface area contributed by atoms with E-state index in [1.165, 1.54) is 29.2 Å². The zero-order chi connectivity index (χ0) is 27.6. The van der Waals surface area contributed by atoms with Crippen LogP contribution in [0.3, 0.4) is 0 Å². The lowest BCUT2D eigenvalue weighted by molar-refractivity contribution is -0.135. The van der Waals surface area contributed by atoms with Gasteiger partial charge in [-0.15, -0.1) is 0 Å². The van der Waals surface area contributed by atoms with Crippen LogP contribution >= 0.6 is 23.2 Å². The number of Topliss-reactive ketones (excluding diaryl/α,β-unsaturated/α-hetero) is 1. The van der Waals surface area contributed by atoms with Crippen molar-refractivity contribution < 1.29 is 23.5 Å². The molecule has 7 nitrogen and oxygen atoms in total. The van der Waals surface area contributed by atoms with Gasteiger partial charge in [0.2, 0.25) is 0 Å². The van der Waals surface area contributed by atoms with E-state index >= 15 is 0 Å². The average molecular weight is 579 g/mol. The second kappa shape index (κ2) is 12.1. The SMILES string of the molecule is CN(C(=O)Oc1ccc(F)cc1)[C@@]1(C(=O)C2CCN(C3CCOCC3)CC2)CNC[C@@H]1c1ccc(Cl)c(Cl)c1. The molecule has 0 aromatic heterocycles. The molecule has 210 valence electrons. The lowest BCUT2D eigenvalue weighted by Gasteiger charge is -2.45. The van der Waals surface area contributed by atoms with Gasteiger partial charge in [-0.05, 0) is 80.7 Å². The van der Waals surface area contributed by atoms with E-state index in [0.29, 0.717) is 22.6 Å². The Kier molecular flexibility index (Phi) is 8.79. The van der Waals surface area contributed by atoms with Crippen molar-refractivity contribution in [2.45, 2.75) is 43.2 Å². The van der Waals surface area contributed by atoms with Crippen LogP contribution in [-0.2, 0) is 9.53 Å². The number of hydrogen-bond acceptors (Lipinski definition) is 6. The summed E-state index contributed by atoms with van der Waals surface area (Å²) in [4.78, 5) is 32.0. The van der Waals surface area contributed by atoms with Crippen molar-refractivity contribution in [3.63, 3.8) is 0 Å². The Labute approximate surface area is 238 Å². The smallest absolute Gasteiger partial charge is 0.410 e. The van der Waals surface area contributed by atoms with Crippen molar-refractivity contribution in [3.05, 3.63) is 63.9 Å². The molecule has 2 atom stereocenters. The highest BCUT2D eigenvalue weighted by molar-refractivity contribution is 6.42. The average Bonchev–Trinajstić information content (AvgIpc) is 3.41. The molecular weight excluding hydrogens is 544 g/mol. The molecule has 0 aliphatic carbocycles. The quantitative estimate of drug-likeness (QED) is 0.512. The van der Waals surface area contributed by atoms with Gasteiger partial charge in [-0.25, -0.2) is 9.18 Å². The molecule has 2 aromatic carbocycles. The van der Waals surface area contributed by atoms with Crippen molar-refractivity contribution in [3.8, 4) is 5.75 Å². The highest BCUT2D eigenvalue weighted by Gasteiger charge is 2.56. The van der Waals surface area contributed by atoms with Crippen LogP contribution in [0.4, 0.5) is 9.18 Å². The molecular formula is C29H34Cl2FN3O4. The maximum Gasteiger partial charge on any atom is 0.415 e.